The number of anilines is 1. The smallest absolute Gasteiger partial charge is 0.242 e. The topological polar surface area (TPSA) is 73.2 Å². The van der Waals surface area contributed by atoms with Gasteiger partial charge >= 0.3 is 0 Å². The van der Waals surface area contributed by atoms with Gasteiger partial charge in [0, 0.05) is 25.9 Å². The number of carbonyl (C=O) groups is 2. The number of ketones is 1. The monoisotopic (exact) mass is 258 g/mol. The molecule has 0 spiro atoms. The van der Waals surface area contributed by atoms with Crippen molar-refractivity contribution in [2.24, 2.45) is 0 Å². The lowest BCUT2D eigenvalue weighted by molar-refractivity contribution is -0.127. The lowest BCUT2D eigenvalue weighted by Crippen LogP contribution is -2.50. The number of benzene rings is 1. The van der Waals surface area contributed by atoms with Crippen LogP contribution in [0.4, 0.5) is 11.4 Å². The van der Waals surface area contributed by atoms with Crippen LogP contribution in [0.15, 0.2) is 18.2 Å². The van der Waals surface area contributed by atoms with Gasteiger partial charge < -0.3 is 5.32 Å². The fourth-order valence-electron chi connectivity index (χ4n) is 2.81. The minimum absolute atomic E-state index is 0.0541. The van der Waals surface area contributed by atoms with Crippen molar-refractivity contribution in [2.75, 3.05) is 18.4 Å². The predicted octanol–water partition coefficient (Wildman–Crippen LogP) is 1.13. The summed E-state index contributed by atoms with van der Waals surface area (Å²) in [4.78, 5) is 25.5. The second kappa shape index (κ2) is 4.66. The molecule has 0 bridgehead atoms. The molecule has 0 saturated carbocycles. The Balaban J connectivity index is 1.82. The van der Waals surface area contributed by atoms with Crippen LogP contribution < -0.4 is 11.1 Å². The summed E-state index contributed by atoms with van der Waals surface area (Å²) < 4.78 is 0. The zero-order valence-electron chi connectivity index (χ0n) is 10.6. The molecule has 1 radical (unpaired) electrons. The summed E-state index contributed by atoms with van der Waals surface area (Å²) >= 11 is 0. The fourth-order valence-corrected chi connectivity index (χ4v) is 2.81. The summed E-state index contributed by atoms with van der Waals surface area (Å²) in [5, 5.41) is 2.83. The molecule has 2 aliphatic heterocycles. The molecule has 3 rings (SSSR count). The van der Waals surface area contributed by atoms with Gasteiger partial charge in [-0.2, -0.15) is 0 Å². The molecule has 2 heterocycles. The van der Waals surface area contributed by atoms with Gasteiger partial charge in [0.1, 0.15) is 5.78 Å². The van der Waals surface area contributed by atoms with Crippen LogP contribution in [0.5, 0.6) is 0 Å². The third-order valence-electron chi connectivity index (χ3n) is 3.91. The van der Waals surface area contributed by atoms with Crippen LogP contribution in [-0.2, 0) is 16.0 Å². The van der Waals surface area contributed by atoms with E-state index in [0.717, 1.165) is 5.56 Å². The Bertz CT molecular complexity index is 531. The molecule has 1 aromatic rings. The Morgan fingerprint density at radius 1 is 1.21 bits per heavy atom. The maximum absolute atomic E-state index is 12.2. The highest BCUT2D eigenvalue weighted by atomic mass is 16.2. The van der Waals surface area contributed by atoms with Gasteiger partial charge in [-0.3, -0.25) is 20.2 Å². The number of amides is 1. The van der Waals surface area contributed by atoms with E-state index in [0.29, 0.717) is 43.7 Å². The van der Waals surface area contributed by atoms with Gasteiger partial charge in [0.05, 0.1) is 17.4 Å². The molecule has 0 aromatic heterocycles. The molecule has 1 atom stereocenters. The second-order valence-electron chi connectivity index (χ2n) is 5.12. The van der Waals surface area contributed by atoms with Crippen molar-refractivity contribution in [1.29, 1.82) is 0 Å². The van der Waals surface area contributed by atoms with E-state index in [9.17, 15) is 9.59 Å². The standard InChI is InChI=1S/C14H16N3O2/c15-11-3-1-2-9-8-12(14(19)16-13(9)11)17-6-4-10(18)5-7-17/h1-3,12,15H,4-8H2,(H,16,19). The zero-order chi connectivity index (χ0) is 13.4. The number of nitrogens with zero attached hydrogens (tertiary/aromatic N) is 1. The average Bonchev–Trinajstić information content (AvgIpc) is 2.40. The van der Waals surface area contributed by atoms with Gasteiger partial charge in [0.15, 0.2) is 0 Å². The summed E-state index contributed by atoms with van der Waals surface area (Å²) in [7, 11) is 0. The van der Waals surface area contributed by atoms with Gasteiger partial charge in [-0.15, -0.1) is 0 Å². The quantitative estimate of drug-likeness (QED) is 0.820. The first-order valence-corrected chi connectivity index (χ1v) is 6.55. The van der Waals surface area contributed by atoms with Crippen LogP contribution in [0.2, 0.25) is 0 Å². The first kappa shape index (κ1) is 12.2. The summed E-state index contributed by atoms with van der Waals surface area (Å²) in [5.41, 5.74) is 9.81. The number of hydrogen-bond acceptors (Lipinski definition) is 3. The van der Waals surface area contributed by atoms with E-state index in [1.807, 2.05) is 12.1 Å². The van der Waals surface area contributed by atoms with E-state index in [4.69, 9.17) is 5.73 Å². The normalized spacial score (nSPS) is 23.9. The van der Waals surface area contributed by atoms with Crippen LogP contribution in [0.25, 0.3) is 0 Å². The summed E-state index contributed by atoms with van der Waals surface area (Å²) in [6.07, 6.45) is 1.70. The highest BCUT2D eigenvalue weighted by molar-refractivity contribution is 6.00. The molecule has 5 heteroatoms. The van der Waals surface area contributed by atoms with E-state index in [2.05, 4.69) is 10.2 Å². The van der Waals surface area contributed by atoms with E-state index < -0.39 is 0 Å². The Morgan fingerprint density at radius 2 is 1.95 bits per heavy atom. The molecule has 0 aliphatic carbocycles. The van der Waals surface area contributed by atoms with E-state index in [-0.39, 0.29) is 17.7 Å². The van der Waals surface area contributed by atoms with Crippen LogP contribution in [0.1, 0.15) is 18.4 Å². The van der Waals surface area contributed by atoms with Crippen molar-refractivity contribution < 1.29 is 9.59 Å². The Kier molecular flexibility index (Phi) is 2.98. The number of Topliss-reactive ketones (excluding diaryl/α,β-unsaturated/α-hetero) is 1. The van der Waals surface area contributed by atoms with Gasteiger partial charge in [0.25, 0.3) is 0 Å². The van der Waals surface area contributed by atoms with Crippen molar-refractivity contribution in [1.82, 2.24) is 10.6 Å². The molecule has 1 unspecified atom stereocenters. The molecule has 2 N–H and O–H groups in total. The number of para-hydroxylation sites is 1. The third kappa shape index (κ3) is 2.21. The molecule has 1 fully saturated rings. The number of nitrogens with one attached hydrogen (secondary N) is 2. The Hall–Kier alpha value is -1.88. The number of carbonyl (C=O) groups excluding carboxylic acids is 2. The number of piperidine rings is 1. The van der Waals surface area contributed by atoms with Gasteiger partial charge in [-0.25, -0.2) is 0 Å². The van der Waals surface area contributed by atoms with Crippen molar-refractivity contribution >= 4 is 23.1 Å². The second-order valence-corrected chi connectivity index (χ2v) is 5.12. The van der Waals surface area contributed by atoms with Crippen LogP contribution >= 0.6 is 0 Å². The first-order valence-electron chi connectivity index (χ1n) is 6.55. The number of rotatable bonds is 1. The summed E-state index contributed by atoms with van der Waals surface area (Å²) in [5.74, 6) is 0.225. The fraction of sp³-hybridized carbons (Fsp3) is 0.429. The minimum atomic E-state index is -0.206. The van der Waals surface area contributed by atoms with Crippen molar-refractivity contribution in [2.45, 2.75) is 25.3 Å². The third-order valence-corrected chi connectivity index (χ3v) is 3.91. The van der Waals surface area contributed by atoms with E-state index >= 15 is 0 Å². The number of fused-ring (bicyclic) bond motifs is 1. The highest BCUT2D eigenvalue weighted by Crippen LogP contribution is 2.31. The summed E-state index contributed by atoms with van der Waals surface area (Å²) in [6, 6.07) is 5.27. The van der Waals surface area contributed by atoms with Crippen molar-refractivity contribution in [3.63, 3.8) is 0 Å². The molecule has 19 heavy (non-hydrogen) atoms. The first-order chi connectivity index (χ1) is 9.15. The molecule has 2 aliphatic rings. The number of likely N-dealkylation sites (tertiary alicyclic amines) is 1. The zero-order valence-corrected chi connectivity index (χ0v) is 10.6. The lowest BCUT2D eigenvalue weighted by atomic mass is 9.95. The van der Waals surface area contributed by atoms with Crippen LogP contribution in [0, 0.1) is 0 Å². The van der Waals surface area contributed by atoms with Crippen LogP contribution in [-0.4, -0.2) is 35.7 Å². The van der Waals surface area contributed by atoms with E-state index in [1.165, 1.54) is 0 Å². The average molecular weight is 258 g/mol. The van der Waals surface area contributed by atoms with E-state index in [1.54, 1.807) is 6.07 Å². The molecular formula is C14H16N3O2. The maximum Gasteiger partial charge on any atom is 0.242 e. The van der Waals surface area contributed by atoms with Gasteiger partial charge in [-0.1, -0.05) is 12.1 Å². The summed E-state index contributed by atoms with van der Waals surface area (Å²) in [6.45, 7) is 1.32. The SMILES string of the molecule is [NH]c1cccc2c1NC(=O)C(N1CCC(=O)CC1)C2. The predicted molar refractivity (Wildman–Crippen MR) is 71.1 cm³/mol. The maximum atomic E-state index is 12.2. The van der Waals surface area contributed by atoms with Gasteiger partial charge in [-0.05, 0) is 18.1 Å². The minimum Gasteiger partial charge on any atom is -0.323 e. The molecule has 1 aromatic carbocycles. The van der Waals surface area contributed by atoms with Gasteiger partial charge in [0.2, 0.25) is 5.91 Å². The highest BCUT2D eigenvalue weighted by Gasteiger charge is 2.33. The lowest BCUT2D eigenvalue weighted by Gasteiger charge is -2.36. The molecule has 1 amide bonds. The largest absolute Gasteiger partial charge is 0.323 e. The van der Waals surface area contributed by atoms with Crippen molar-refractivity contribution in [3.8, 4) is 0 Å². The Labute approximate surface area is 111 Å². The Morgan fingerprint density at radius 3 is 2.68 bits per heavy atom. The molecule has 5 nitrogen and oxygen atoms in total. The van der Waals surface area contributed by atoms with Crippen molar-refractivity contribution in [3.05, 3.63) is 23.8 Å². The number of hydrogen-bond donors (Lipinski definition) is 1. The van der Waals surface area contributed by atoms with Crippen LogP contribution in [0.3, 0.4) is 0 Å². The molecule has 1 saturated heterocycles. The molecular weight excluding hydrogens is 242 g/mol. The molecule has 99 valence electrons.